The summed E-state index contributed by atoms with van der Waals surface area (Å²) in [7, 11) is 1.32. The summed E-state index contributed by atoms with van der Waals surface area (Å²) in [5.41, 5.74) is 0.565. The van der Waals surface area contributed by atoms with E-state index in [4.69, 9.17) is 9.47 Å². The number of methoxy groups -OCH3 is 1. The molecule has 186 valence electrons. The van der Waals surface area contributed by atoms with Crippen molar-refractivity contribution in [2.75, 3.05) is 31.7 Å². The lowest BCUT2D eigenvalue weighted by atomic mass is 10.00. The zero-order chi connectivity index (χ0) is 24.4. The quantitative estimate of drug-likeness (QED) is 0.388. The predicted molar refractivity (Wildman–Crippen MR) is 133 cm³/mol. The summed E-state index contributed by atoms with van der Waals surface area (Å²) in [4.78, 5) is 34.3. The van der Waals surface area contributed by atoms with Gasteiger partial charge in [-0.1, -0.05) is 18.7 Å². The van der Waals surface area contributed by atoms with Crippen LogP contribution in [0.4, 0.5) is 5.95 Å². The Balaban J connectivity index is 1.39. The first kappa shape index (κ1) is 23.8. The Labute approximate surface area is 207 Å². The highest BCUT2D eigenvalue weighted by Crippen LogP contribution is 2.29. The van der Waals surface area contributed by atoms with Crippen LogP contribution in [0.1, 0.15) is 48.8 Å². The van der Waals surface area contributed by atoms with Crippen LogP contribution >= 0.6 is 11.8 Å². The lowest BCUT2D eigenvalue weighted by Gasteiger charge is -2.31. The third-order valence-electron chi connectivity index (χ3n) is 6.69. The Morgan fingerprint density at radius 2 is 2.09 bits per heavy atom. The van der Waals surface area contributed by atoms with E-state index in [1.165, 1.54) is 18.9 Å². The van der Waals surface area contributed by atoms with Crippen molar-refractivity contribution in [3.63, 3.8) is 0 Å². The summed E-state index contributed by atoms with van der Waals surface area (Å²) in [6.07, 6.45) is 4.54. The number of nitrogens with one attached hydrogen (secondary N) is 1. The smallest absolute Gasteiger partial charge is 0.337 e. The normalized spacial score (nSPS) is 18.9. The second kappa shape index (κ2) is 10.4. The lowest BCUT2D eigenvalue weighted by molar-refractivity contribution is 0.0601. The summed E-state index contributed by atoms with van der Waals surface area (Å²) in [6.45, 7) is 5.73. The van der Waals surface area contributed by atoms with Gasteiger partial charge in [0.25, 0.3) is 5.56 Å². The number of esters is 1. The Morgan fingerprint density at radius 1 is 1.26 bits per heavy atom. The van der Waals surface area contributed by atoms with Gasteiger partial charge in [0.05, 0.1) is 42.0 Å². The molecule has 2 aliphatic heterocycles. The highest BCUT2D eigenvalue weighted by Gasteiger charge is 2.26. The maximum atomic E-state index is 12.6. The molecule has 35 heavy (non-hydrogen) atoms. The molecule has 1 aromatic carbocycles. The number of aromatic nitrogens is 5. The topological polar surface area (TPSA) is 115 Å². The van der Waals surface area contributed by atoms with Gasteiger partial charge in [0.15, 0.2) is 5.16 Å². The van der Waals surface area contributed by atoms with Crippen molar-refractivity contribution >= 4 is 34.6 Å². The molecule has 4 heterocycles. The number of hydrogen-bond acceptors (Lipinski definition) is 9. The summed E-state index contributed by atoms with van der Waals surface area (Å²) in [5, 5.41) is 10.2. The average Bonchev–Trinajstić information content (AvgIpc) is 3.53. The minimum absolute atomic E-state index is 0.156. The number of hydrogen-bond donors (Lipinski definition) is 1. The number of benzene rings is 1. The van der Waals surface area contributed by atoms with Gasteiger partial charge in [-0.25, -0.2) is 9.78 Å². The molecule has 1 N–H and O–H groups in total. The van der Waals surface area contributed by atoms with E-state index >= 15 is 0 Å². The fourth-order valence-corrected chi connectivity index (χ4v) is 5.43. The molecule has 1 atom stereocenters. The van der Waals surface area contributed by atoms with E-state index in [9.17, 15) is 9.59 Å². The van der Waals surface area contributed by atoms with Gasteiger partial charge in [-0.2, -0.15) is 0 Å². The Hall–Kier alpha value is -2.92. The van der Waals surface area contributed by atoms with E-state index in [2.05, 4.69) is 36.6 Å². The van der Waals surface area contributed by atoms with Crippen molar-refractivity contribution in [3.8, 4) is 0 Å². The number of thioether (sulfide) groups is 1. The molecule has 10 nitrogen and oxygen atoms in total. The van der Waals surface area contributed by atoms with E-state index < -0.39 is 5.97 Å². The molecule has 2 saturated heterocycles. The maximum Gasteiger partial charge on any atom is 0.337 e. The number of nitrogens with zero attached hydrogens (tertiary/aromatic N) is 5. The predicted octanol–water partition coefficient (Wildman–Crippen LogP) is 3.01. The van der Waals surface area contributed by atoms with Crippen molar-refractivity contribution in [3.05, 3.63) is 39.9 Å². The van der Waals surface area contributed by atoms with E-state index in [-0.39, 0.29) is 11.7 Å². The second-order valence-electron chi connectivity index (χ2n) is 9.22. The van der Waals surface area contributed by atoms with Crippen LogP contribution in [0.3, 0.4) is 0 Å². The monoisotopic (exact) mass is 498 g/mol. The van der Waals surface area contributed by atoms with Gasteiger partial charge in [-0.05, 0) is 49.8 Å². The van der Waals surface area contributed by atoms with Gasteiger partial charge in [-0.3, -0.25) is 9.36 Å². The zero-order valence-electron chi connectivity index (χ0n) is 20.0. The molecule has 2 fully saturated rings. The lowest BCUT2D eigenvalue weighted by Crippen LogP contribution is -2.35. The number of fused-ring (bicyclic) bond motifs is 1. The van der Waals surface area contributed by atoms with E-state index in [0.717, 1.165) is 62.4 Å². The van der Waals surface area contributed by atoms with E-state index in [1.807, 2.05) is 0 Å². The number of rotatable bonds is 7. The fourth-order valence-electron chi connectivity index (χ4n) is 4.62. The molecule has 0 spiro atoms. The molecule has 0 amide bonds. The minimum atomic E-state index is -0.466. The van der Waals surface area contributed by atoms with Gasteiger partial charge in [0.1, 0.15) is 5.82 Å². The summed E-state index contributed by atoms with van der Waals surface area (Å²) in [6, 6.07) is 4.74. The molecule has 2 aromatic heterocycles. The molecule has 5 rings (SSSR count). The number of piperidine rings is 1. The van der Waals surface area contributed by atoms with Gasteiger partial charge < -0.3 is 19.4 Å². The molecule has 0 aliphatic carbocycles. The first-order chi connectivity index (χ1) is 17.0. The molecule has 1 unspecified atom stereocenters. The first-order valence-corrected chi connectivity index (χ1v) is 13.0. The molecular weight excluding hydrogens is 468 g/mol. The van der Waals surface area contributed by atoms with E-state index in [1.54, 1.807) is 18.2 Å². The van der Waals surface area contributed by atoms with Gasteiger partial charge in [0.2, 0.25) is 5.95 Å². The Kier molecular flexibility index (Phi) is 7.05. The minimum Gasteiger partial charge on any atom is -0.465 e. The Bertz CT molecular complexity index is 1260. The highest BCUT2D eigenvalue weighted by atomic mass is 32.2. The van der Waals surface area contributed by atoms with Crippen molar-refractivity contribution < 1.29 is 14.3 Å². The average molecular weight is 499 g/mol. The van der Waals surface area contributed by atoms with Crippen molar-refractivity contribution in [1.82, 2.24) is 24.7 Å². The van der Waals surface area contributed by atoms with Crippen LogP contribution in [0.25, 0.3) is 10.9 Å². The van der Waals surface area contributed by atoms with Gasteiger partial charge in [-0.15, -0.1) is 10.2 Å². The number of anilines is 1. The third-order valence-corrected chi connectivity index (χ3v) is 7.67. The number of carbonyl (C=O) groups is 1. The van der Waals surface area contributed by atoms with Crippen LogP contribution in [0.15, 0.2) is 28.2 Å². The molecule has 2 aliphatic rings. The standard InChI is InChI=1S/C24H30N6O4S/c1-15-7-9-29(10-8-15)23-27-28-24(30(23)13-17-4-3-11-34-17)35-14-20-25-19-12-16(22(32)33-2)5-6-18(19)21(31)26-20/h5-6,12,15,17H,3-4,7-11,13-14H2,1-2H3,(H,25,26,31). The molecule has 11 heteroatoms. The van der Waals surface area contributed by atoms with Crippen molar-refractivity contribution in [1.29, 1.82) is 0 Å². The van der Waals surface area contributed by atoms with Crippen molar-refractivity contribution in [2.45, 2.75) is 56.2 Å². The number of ether oxygens (including phenoxy) is 2. The van der Waals surface area contributed by atoms with Crippen LogP contribution in [0, 0.1) is 5.92 Å². The van der Waals surface area contributed by atoms with Crippen LogP contribution in [0.2, 0.25) is 0 Å². The van der Waals surface area contributed by atoms with Crippen LogP contribution in [-0.4, -0.2) is 63.6 Å². The number of aromatic amines is 1. The molecule has 0 radical (unpaired) electrons. The first-order valence-electron chi connectivity index (χ1n) is 12.1. The zero-order valence-corrected chi connectivity index (χ0v) is 20.8. The SMILES string of the molecule is COC(=O)c1ccc2c(=O)[nH]c(CSc3nnc(N4CCC(C)CC4)n3CC3CCCO3)nc2c1. The van der Waals surface area contributed by atoms with E-state index in [0.29, 0.717) is 34.6 Å². The summed E-state index contributed by atoms with van der Waals surface area (Å²) < 4.78 is 12.9. The summed E-state index contributed by atoms with van der Waals surface area (Å²) >= 11 is 1.48. The Morgan fingerprint density at radius 3 is 2.83 bits per heavy atom. The second-order valence-corrected chi connectivity index (χ2v) is 10.2. The number of H-pyrrole nitrogens is 1. The highest BCUT2D eigenvalue weighted by molar-refractivity contribution is 7.98. The van der Waals surface area contributed by atoms with Crippen LogP contribution in [-0.2, 0) is 21.8 Å². The molecule has 0 saturated carbocycles. The van der Waals surface area contributed by atoms with Crippen LogP contribution in [0.5, 0.6) is 0 Å². The summed E-state index contributed by atoms with van der Waals surface area (Å²) in [5.74, 6) is 2.07. The van der Waals surface area contributed by atoms with Crippen LogP contribution < -0.4 is 10.5 Å². The van der Waals surface area contributed by atoms with Crippen molar-refractivity contribution in [2.24, 2.45) is 5.92 Å². The molecule has 0 bridgehead atoms. The van der Waals surface area contributed by atoms with Gasteiger partial charge in [0, 0.05) is 19.7 Å². The largest absolute Gasteiger partial charge is 0.465 e. The maximum absolute atomic E-state index is 12.6. The number of carbonyl (C=O) groups excluding carboxylic acids is 1. The third kappa shape index (κ3) is 5.20. The molecule has 3 aromatic rings. The fraction of sp³-hybridized carbons (Fsp3) is 0.542. The molecular formula is C24H30N6O4S. The van der Waals surface area contributed by atoms with Gasteiger partial charge >= 0.3 is 5.97 Å².